The standard InChI is InChI=1S/C15H13F2NO2/c1-8-6-12(17)14(7-11(8)16)18-13-4-3-10(15(19)20)5-9(13)2/h3-7,18H,1-2H3,(H,19,20). The van der Waals surface area contributed by atoms with Gasteiger partial charge in [0.1, 0.15) is 11.6 Å². The lowest BCUT2D eigenvalue weighted by molar-refractivity contribution is 0.0697. The van der Waals surface area contributed by atoms with E-state index in [-0.39, 0.29) is 16.8 Å². The van der Waals surface area contributed by atoms with Gasteiger partial charge in [0, 0.05) is 11.8 Å². The Labute approximate surface area is 114 Å². The summed E-state index contributed by atoms with van der Waals surface area (Å²) < 4.78 is 27.2. The highest BCUT2D eigenvalue weighted by atomic mass is 19.1. The van der Waals surface area contributed by atoms with Crippen LogP contribution in [0, 0.1) is 25.5 Å². The second-order valence-electron chi connectivity index (χ2n) is 4.54. The summed E-state index contributed by atoms with van der Waals surface area (Å²) >= 11 is 0. The number of rotatable bonds is 3. The molecule has 104 valence electrons. The van der Waals surface area contributed by atoms with Crippen LogP contribution in [0.2, 0.25) is 0 Å². The Hall–Kier alpha value is -2.43. The third-order valence-electron chi connectivity index (χ3n) is 2.99. The molecule has 0 spiro atoms. The third-order valence-corrected chi connectivity index (χ3v) is 2.99. The lowest BCUT2D eigenvalue weighted by Crippen LogP contribution is -2.01. The van der Waals surface area contributed by atoms with E-state index in [2.05, 4.69) is 5.32 Å². The van der Waals surface area contributed by atoms with Crippen molar-refractivity contribution < 1.29 is 18.7 Å². The van der Waals surface area contributed by atoms with Crippen molar-refractivity contribution in [1.29, 1.82) is 0 Å². The number of aromatic carboxylic acids is 1. The monoisotopic (exact) mass is 277 g/mol. The number of benzene rings is 2. The fourth-order valence-corrected chi connectivity index (χ4v) is 1.82. The molecule has 0 unspecified atom stereocenters. The summed E-state index contributed by atoms with van der Waals surface area (Å²) in [6.45, 7) is 3.17. The van der Waals surface area contributed by atoms with Crippen LogP contribution in [0.5, 0.6) is 0 Å². The highest BCUT2D eigenvalue weighted by Gasteiger charge is 2.10. The van der Waals surface area contributed by atoms with Crippen LogP contribution < -0.4 is 5.32 Å². The van der Waals surface area contributed by atoms with Crippen LogP contribution in [-0.2, 0) is 0 Å². The molecule has 0 radical (unpaired) electrons. The van der Waals surface area contributed by atoms with E-state index in [1.807, 2.05) is 0 Å². The molecular formula is C15H13F2NO2. The number of hydrogen-bond acceptors (Lipinski definition) is 2. The Morgan fingerprint density at radius 2 is 1.70 bits per heavy atom. The van der Waals surface area contributed by atoms with Gasteiger partial charge in [-0.25, -0.2) is 13.6 Å². The van der Waals surface area contributed by atoms with Crippen molar-refractivity contribution in [2.24, 2.45) is 0 Å². The van der Waals surface area contributed by atoms with Gasteiger partial charge in [-0.2, -0.15) is 0 Å². The smallest absolute Gasteiger partial charge is 0.335 e. The maximum absolute atomic E-state index is 13.7. The molecule has 0 aliphatic carbocycles. The van der Waals surface area contributed by atoms with E-state index in [9.17, 15) is 13.6 Å². The van der Waals surface area contributed by atoms with Gasteiger partial charge in [0.2, 0.25) is 0 Å². The van der Waals surface area contributed by atoms with Gasteiger partial charge in [-0.3, -0.25) is 0 Å². The maximum atomic E-state index is 13.7. The molecule has 0 heterocycles. The molecule has 0 saturated heterocycles. The zero-order valence-corrected chi connectivity index (χ0v) is 11.0. The number of aryl methyl sites for hydroxylation is 2. The van der Waals surface area contributed by atoms with Gasteiger partial charge in [-0.15, -0.1) is 0 Å². The third kappa shape index (κ3) is 2.77. The molecule has 0 bridgehead atoms. The van der Waals surface area contributed by atoms with E-state index >= 15 is 0 Å². The van der Waals surface area contributed by atoms with Crippen LogP contribution in [0.1, 0.15) is 21.5 Å². The topological polar surface area (TPSA) is 49.3 Å². The minimum absolute atomic E-state index is 0.0132. The van der Waals surface area contributed by atoms with Gasteiger partial charge >= 0.3 is 5.97 Å². The Kier molecular flexibility index (Phi) is 3.70. The fourth-order valence-electron chi connectivity index (χ4n) is 1.82. The predicted octanol–water partition coefficient (Wildman–Crippen LogP) is 4.02. The molecule has 2 N–H and O–H groups in total. The Balaban J connectivity index is 2.35. The van der Waals surface area contributed by atoms with Crippen molar-refractivity contribution in [3.8, 4) is 0 Å². The van der Waals surface area contributed by atoms with E-state index < -0.39 is 17.6 Å². The minimum Gasteiger partial charge on any atom is -0.478 e. The van der Waals surface area contributed by atoms with Crippen LogP contribution in [0.15, 0.2) is 30.3 Å². The van der Waals surface area contributed by atoms with Gasteiger partial charge in [0.25, 0.3) is 0 Å². The first-order valence-corrected chi connectivity index (χ1v) is 5.95. The average Bonchev–Trinajstić information content (AvgIpc) is 2.37. The van der Waals surface area contributed by atoms with Crippen LogP contribution in [0.4, 0.5) is 20.2 Å². The first kappa shape index (κ1) is 14.0. The number of carbonyl (C=O) groups is 1. The van der Waals surface area contributed by atoms with Gasteiger partial charge < -0.3 is 10.4 Å². The van der Waals surface area contributed by atoms with Crippen molar-refractivity contribution in [3.05, 3.63) is 58.7 Å². The molecule has 0 aromatic heterocycles. The molecule has 0 aliphatic rings. The summed E-state index contributed by atoms with van der Waals surface area (Å²) in [5.74, 6) is -2.11. The van der Waals surface area contributed by atoms with Crippen molar-refractivity contribution in [2.75, 3.05) is 5.32 Å². The summed E-state index contributed by atoms with van der Waals surface area (Å²) in [5.41, 5.74) is 1.54. The highest BCUT2D eigenvalue weighted by molar-refractivity contribution is 5.88. The lowest BCUT2D eigenvalue weighted by atomic mass is 10.1. The second-order valence-corrected chi connectivity index (χ2v) is 4.54. The molecule has 0 aliphatic heterocycles. The van der Waals surface area contributed by atoms with Gasteiger partial charge in [-0.1, -0.05) is 0 Å². The van der Waals surface area contributed by atoms with Crippen LogP contribution in [0.3, 0.4) is 0 Å². The number of carboxylic acids is 1. The Morgan fingerprint density at radius 1 is 1.00 bits per heavy atom. The molecule has 3 nitrogen and oxygen atoms in total. The first-order chi connectivity index (χ1) is 9.38. The average molecular weight is 277 g/mol. The van der Waals surface area contributed by atoms with Crippen molar-refractivity contribution in [2.45, 2.75) is 13.8 Å². The normalized spacial score (nSPS) is 10.4. The number of carboxylic acid groups (broad SMARTS) is 1. The molecule has 20 heavy (non-hydrogen) atoms. The van der Waals surface area contributed by atoms with E-state index in [0.29, 0.717) is 11.3 Å². The van der Waals surface area contributed by atoms with Crippen molar-refractivity contribution in [1.82, 2.24) is 0 Å². The number of hydrogen-bond donors (Lipinski definition) is 2. The maximum Gasteiger partial charge on any atom is 0.335 e. The van der Waals surface area contributed by atoms with E-state index in [1.165, 1.54) is 25.1 Å². The number of anilines is 2. The highest BCUT2D eigenvalue weighted by Crippen LogP contribution is 2.25. The summed E-state index contributed by atoms with van der Waals surface area (Å²) in [5, 5.41) is 11.6. The number of nitrogens with one attached hydrogen (secondary N) is 1. The largest absolute Gasteiger partial charge is 0.478 e. The molecule has 0 atom stereocenters. The van der Waals surface area contributed by atoms with Crippen LogP contribution in [0.25, 0.3) is 0 Å². The zero-order chi connectivity index (χ0) is 14.9. The van der Waals surface area contributed by atoms with Gasteiger partial charge in [0.05, 0.1) is 11.3 Å². The van der Waals surface area contributed by atoms with E-state index in [0.717, 1.165) is 12.1 Å². The van der Waals surface area contributed by atoms with E-state index in [1.54, 1.807) is 6.92 Å². The molecule has 2 aromatic carbocycles. The van der Waals surface area contributed by atoms with Crippen LogP contribution in [-0.4, -0.2) is 11.1 Å². The molecule has 2 rings (SSSR count). The summed E-state index contributed by atoms with van der Waals surface area (Å²) in [7, 11) is 0. The molecule has 0 saturated carbocycles. The van der Waals surface area contributed by atoms with Gasteiger partial charge in [-0.05, 0) is 49.2 Å². The van der Waals surface area contributed by atoms with Crippen molar-refractivity contribution >= 4 is 17.3 Å². The van der Waals surface area contributed by atoms with E-state index in [4.69, 9.17) is 5.11 Å². The van der Waals surface area contributed by atoms with Crippen LogP contribution >= 0.6 is 0 Å². The molecule has 0 fully saturated rings. The Morgan fingerprint density at radius 3 is 2.30 bits per heavy atom. The quantitative estimate of drug-likeness (QED) is 0.890. The SMILES string of the molecule is Cc1cc(F)c(Nc2ccc(C(=O)O)cc2C)cc1F. The molecule has 2 aromatic rings. The summed E-state index contributed by atoms with van der Waals surface area (Å²) in [6.07, 6.45) is 0. The zero-order valence-electron chi connectivity index (χ0n) is 11.0. The molecular weight excluding hydrogens is 264 g/mol. The lowest BCUT2D eigenvalue weighted by Gasteiger charge is -2.12. The molecule has 5 heteroatoms. The Bertz CT molecular complexity index is 684. The van der Waals surface area contributed by atoms with Gasteiger partial charge in [0.15, 0.2) is 0 Å². The fraction of sp³-hybridized carbons (Fsp3) is 0.133. The van der Waals surface area contributed by atoms with Crippen molar-refractivity contribution in [3.63, 3.8) is 0 Å². The summed E-state index contributed by atoms with van der Waals surface area (Å²) in [4.78, 5) is 10.8. The first-order valence-electron chi connectivity index (χ1n) is 5.95. The molecule has 0 amide bonds. The summed E-state index contributed by atoms with van der Waals surface area (Å²) in [6, 6.07) is 6.58. The number of halogens is 2. The second kappa shape index (κ2) is 5.28. The predicted molar refractivity (Wildman–Crippen MR) is 72.5 cm³/mol. The minimum atomic E-state index is -1.03.